The first-order valence-corrected chi connectivity index (χ1v) is 4.65. The van der Waals surface area contributed by atoms with Crippen LogP contribution < -0.4 is 4.90 Å². The van der Waals surface area contributed by atoms with Gasteiger partial charge in [-0.25, -0.2) is 4.98 Å². The van der Waals surface area contributed by atoms with Gasteiger partial charge in [-0.15, -0.1) is 0 Å². The van der Waals surface area contributed by atoms with Crippen LogP contribution in [-0.4, -0.2) is 29.8 Å². The average molecular weight is 180 g/mol. The van der Waals surface area contributed by atoms with Crippen LogP contribution in [0.15, 0.2) is 24.4 Å². The van der Waals surface area contributed by atoms with Crippen LogP contribution in [-0.2, 0) is 0 Å². The molecule has 1 rings (SSSR count). The predicted octanol–water partition coefficient (Wildman–Crippen LogP) is 1.29. The molecule has 0 amide bonds. The lowest BCUT2D eigenvalue weighted by atomic mass is 10.3. The van der Waals surface area contributed by atoms with Crippen LogP contribution >= 0.6 is 0 Å². The van der Waals surface area contributed by atoms with Crippen molar-refractivity contribution in [2.24, 2.45) is 0 Å². The highest BCUT2D eigenvalue weighted by Crippen LogP contribution is 2.08. The Bertz CT molecular complexity index is 226. The number of anilines is 1. The molecule has 0 bridgehead atoms. The van der Waals surface area contributed by atoms with Crippen LogP contribution in [0.25, 0.3) is 0 Å². The molecule has 0 aliphatic rings. The summed E-state index contributed by atoms with van der Waals surface area (Å²) in [5.74, 6) is 0.985. The second kappa shape index (κ2) is 5.54. The fourth-order valence-electron chi connectivity index (χ4n) is 1.24. The summed E-state index contributed by atoms with van der Waals surface area (Å²) in [7, 11) is 0. The summed E-state index contributed by atoms with van der Waals surface area (Å²) in [5.41, 5.74) is 0. The summed E-state index contributed by atoms with van der Waals surface area (Å²) in [4.78, 5) is 6.40. The first-order chi connectivity index (χ1) is 6.38. The van der Waals surface area contributed by atoms with Gasteiger partial charge in [-0.1, -0.05) is 6.07 Å². The molecule has 0 saturated carbocycles. The molecule has 0 saturated heterocycles. The van der Waals surface area contributed by atoms with Crippen molar-refractivity contribution >= 4 is 5.82 Å². The van der Waals surface area contributed by atoms with E-state index in [0.29, 0.717) is 0 Å². The van der Waals surface area contributed by atoms with Crippen LogP contribution in [0.2, 0.25) is 0 Å². The SMILES string of the molecule is CCN(CCCO)c1ccccn1. The van der Waals surface area contributed by atoms with Gasteiger partial charge in [0.25, 0.3) is 0 Å². The second-order valence-corrected chi connectivity index (χ2v) is 2.84. The third-order valence-electron chi connectivity index (χ3n) is 1.94. The Morgan fingerprint density at radius 2 is 2.31 bits per heavy atom. The van der Waals surface area contributed by atoms with Crippen molar-refractivity contribution in [1.82, 2.24) is 4.98 Å². The summed E-state index contributed by atoms with van der Waals surface area (Å²) in [5, 5.41) is 8.71. The first kappa shape index (κ1) is 9.99. The maximum atomic E-state index is 8.71. The third-order valence-corrected chi connectivity index (χ3v) is 1.94. The molecule has 0 atom stereocenters. The van der Waals surface area contributed by atoms with E-state index in [-0.39, 0.29) is 6.61 Å². The predicted molar refractivity (Wildman–Crippen MR) is 53.8 cm³/mol. The summed E-state index contributed by atoms with van der Waals surface area (Å²) in [6.45, 7) is 4.12. The molecule has 0 aliphatic carbocycles. The van der Waals surface area contributed by atoms with E-state index in [1.165, 1.54) is 0 Å². The van der Waals surface area contributed by atoms with Crippen molar-refractivity contribution in [1.29, 1.82) is 0 Å². The Morgan fingerprint density at radius 1 is 1.46 bits per heavy atom. The Balaban J connectivity index is 2.56. The standard InChI is InChI=1S/C10H16N2O/c1-2-12(8-5-9-13)10-6-3-4-7-11-10/h3-4,6-7,13H,2,5,8-9H2,1H3. The van der Waals surface area contributed by atoms with E-state index in [0.717, 1.165) is 25.3 Å². The number of rotatable bonds is 5. The van der Waals surface area contributed by atoms with Crippen LogP contribution in [0.3, 0.4) is 0 Å². The Labute approximate surface area is 79.0 Å². The number of aliphatic hydroxyl groups excluding tert-OH is 1. The fraction of sp³-hybridized carbons (Fsp3) is 0.500. The smallest absolute Gasteiger partial charge is 0.128 e. The summed E-state index contributed by atoms with van der Waals surface area (Å²) in [6.07, 6.45) is 2.58. The van der Waals surface area contributed by atoms with Crippen molar-refractivity contribution in [2.45, 2.75) is 13.3 Å². The van der Waals surface area contributed by atoms with Crippen molar-refractivity contribution in [3.8, 4) is 0 Å². The molecular weight excluding hydrogens is 164 g/mol. The molecule has 1 aromatic heterocycles. The van der Waals surface area contributed by atoms with Gasteiger partial charge in [-0.3, -0.25) is 0 Å². The van der Waals surface area contributed by atoms with Gasteiger partial charge in [0, 0.05) is 25.9 Å². The molecular formula is C10H16N2O. The maximum absolute atomic E-state index is 8.71. The molecule has 0 aromatic carbocycles. The van der Waals surface area contributed by atoms with Crippen molar-refractivity contribution < 1.29 is 5.11 Å². The quantitative estimate of drug-likeness (QED) is 0.741. The minimum absolute atomic E-state index is 0.239. The molecule has 72 valence electrons. The van der Waals surface area contributed by atoms with Crippen LogP contribution in [0.4, 0.5) is 5.82 Å². The molecule has 0 aliphatic heterocycles. The lowest BCUT2D eigenvalue weighted by Crippen LogP contribution is -2.25. The number of pyridine rings is 1. The van der Waals surface area contributed by atoms with E-state index in [1.807, 2.05) is 18.2 Å². The number of aromatic nitrogens is 1. The van der Waals surface area contributed by atoms with Gasteiger partial charge in [0.1, 0.15) is 5.82 Å². The van der Waals surface area contributed by atoms with Gasteiger partial charge in [0.15, 0.2) is 0 Å². The van der Waals surface area contributed by atoms with Gasteiger partial charge in [0.05, 0.1) is 0 Å². The number of hydrogen-bond donors (Lipinski definition) is 1. The maximum Gasteiger partial charge on any atom is 0.128 e. The summed E-state index contributed by atoms with van der Waals surface area (Å²) in [6, 6.07) is 5.87. The minimum atomic E-state index is 0.239. The third kappa shape index (κ3) is 3.03. The molecule has 13 heavy (non-hydrogen) atoms. The highest BCUT2D eigenvalue weighted by atomic mass is 16.3. The topological polar surface area (TPSA) is 36.4 Å². The molecule has 0 fully saturated rings. The molecule has 3 heteroatoms. The summed E-state index contributed by atoms with van der Waals surface area (Å²) >= 11 is 0. The molecule has 1 N–H and O–H groups in total. The van der Waals surface area contributed by atoms with Gasteiger partial charge in [-0.05, 0) is 25.5 Å². The number of aliphatic hydroxyl groups is 1. The van der Waals surface area contributed by atoms with E-state index < -0.39 is 0 Å². The number of nitrogens with zero attached hydrogens (tertiary/aromatic N) is 2. The van der Waals surface area contributed by atoms with E-state index in [2.05, 4.69) is 16.8 Å². The van der Waals surface area contributed by atoms with Gasteiger partial charge >= 0.3 is 0 Å². The Kier molecular flexibility index (Phi) is 4.26. The minimum Gasteiger partial charge on any atom is -0.396 e. The molecule has 1 aromatic rings. The lowest BCUT2D eigenvalue weighted by molar-refractivity contribution is 0.289. The first-order valence-electron chi connectivity index (χ1n) is 4.65. The molecule has 0 unspecified atom stereocenters. The molecule has 3 nitrogen and oxygen atoms in total. The highest BCUT2D eigenvalue weighted by Gasteiger charge is 2.02. The normalized spacial score (nSPS) is 10.0. The molecule has 0 spiro atoms. The van der Waals surface area contributed by atoms with E-state index >= 15 is 0 Å². The molecule has 1 heterocycles. The van der Waals surface area contributed by atoms with Gasteiger partial charge in [-0.2, -0.15) is 0 Å². The van der Waals surface area contributed by atoms with Crippen LogP contribution in [0, 0.1) is 0 Å². The lowest BCUT2D eigenvalue weighted by Gasteiger charge is -2.20. The van der Waals surface area contributed by atoms with Gasteiger partial charge < -0.3 is 10.0 Å². The largest absolute Gasteiger partial charge is 0.396 e. The zero-order valence-electron chi connectivity index (χ0n) is 7.98. The van der Waals surface area contributed by atoms with Crippen molar-refractivity contribution in [3.05, 3.63) is 24.4 Å². The van der Waals surface area contributed by atoms with Gasteiger partial charge in [0.2, 0.25) is 0 Å². The van der Waals surface area contributed by atoms with Crippen molar-refractivity contribution in [3.63, 3.8) is 0 Å². The van der Waals surface area contributed by atoms with E-state index in [4.69, 9.17) is 5.11 Å². The zero-order chi connectivity index (χ0) is 9.52. The number of hydrogen-bond acceptors (Lipinski definition) is 3. The van der Waals surface area contributed by atoms with E-state index in [9.17, 15) is 0 Å². The average Bonchev–Trinajstić information content (AvgIpc) is 2.21. The fourth-order valence-corrected chi connectivity index (χ4v) is 1.24. The zero-order valence-corrected chi connectivity index (χ0v) is 7.98. The summed E-state index contributed by atoms with van der Waals surface area (Å²) < 4.78 is 0. The monoisotopic (exact) mass is 180 g/mol. The second-order valence-electron chi connectivity index (χ2n) is 2.84. The van der Waals surface area contributed by atoms with Crippen LogP contribution in [0.1, 0.15) is 13.3 Å². The Hall–Kier alpha value is -1.09. The Morgan fingerprint density at radius 3 is 2.85 bits per heavy atom. The highest BCUT2D eigenvalue weighted by molar-refractivity contribution is 5.37. The van der Waals surface area contributed by atoms with Crippen molar-refractivity contribution in [2.75, 3.05) is 24.6 Å². The van der Waals surface area contributed by atoms with Crippen LogP contribution in [0.5, 0.6) is 0 Å². The van der Waals surface area contributed by atoms with E-state index in [1.54, 1.807) is 6.20 Å². The molecule has 0 radical (unpaired) electrons.